The summed E-state index contributed by atoms with van der Waals surface area (Å²) < 4.78 is 12.6. The summed E-state index contributed by atoms with van der Waals surface area (Å²) in [5.41, 5.74) is 0.950. The number of benzene rings is 1. The molecule has 0 aromatic heterocycles. The summed E-state index contributed by atoms with van der Waals surface area (Å²) in [4.78, 5) is 0. The second-order valence-electron chi connectivity index (χ2n) is 3.34. The standard InChI is InChI=1S/C10H12FNO.ClH/c11-8-3-1-7(2-4-8)10-9(13)5-6-12-10;/h1-4,9-10,12-13H,5-6H2;1H. The van der Waals surface area contributed by atoms with E-state index in [-0.39, 0.29) is 30.4 Å². The van der Waals surface area contributed by atoms with Gasteiger partial charge in [0.15, 0.2) is 0 Å². The molecule has 2 N–H and O–H groups in total. The molecule has 0 amide bonds. The lowest BCUT2D eigenvalue weighted by Gasteiger charge is -2.14. The molecule has 0 aliphatic carbocycles. The zero-order valence-corrected chi connectivity index (χ0v) is 8.43. The zero-order chi connectivity index (χ0) is 9.26. The first-order valence-electron chi connectivity index (χ1n) is 4.44. The molecule has 0 spiro atoms. The van der Waals surface area contributed by atoms with Crippen LogP contribution in [0.25, 0.3) is 0 Å². The van der Waals surface area contributed by atoms with Crippen LogP contribution in [0.4, 0.5) is 4.39 Å². The van der Waals surface area contributed by atoms with Gasteiger partial charge in [0.05, 0.1) is 12.1 Å². The Bertz CT molecular complexity index is 291. The number of halogens is 2. The van der Waals surface area contributed by atoms with Gasteiger partial charge < -0.3 is 10.4 Å². The van der Waals surface area contributed by atoms with Crippen LogP contribution in [-0.2, 0) is 0 Å². The first-order chi connectivity index (χ1) is 6.27. The molecule has 1 aliphatic rings. The van der Waals surface area contributed by atoms with E-state index in [0.717, 1.165) is 18.5 Å². The second-order valence-corrected chi connectivity index (χ2v) is 3.34. The van der Waals surface area contributed by atoms with E-state index >= 15 is 0 Å². The maximum Gasteiger partial charge on any atom is 0.123 e. The number of hydrogen-bond donors (Lipinski definition) is 2. The van der Waals surface area contributed by atoms with E-state index in [9.17, 15) is 9.50 Å². The molecule has 0 saturated carbocycles. The molecule has 78 valence electrons. The van der Waals surface area contributed by atoms with Crippen LogP contribution < -0.4 is 5.32 Å². The van der Waals surface area contributed by atoms with Gasteiger partial charge in [-0.3, -0.25) is 0 Å². The van der Waals surface area contributed by atoms with Crippen LogP contribution in [0.3, 0.4) is 0 Å². The van der Waals surface area contributed by atoms with Crippen molar-refractivity contribution in [2.45, 2.75) is 18.6 Å². The van der Waals surface area contributed by atoms with Gasteiger partial charge in [-0.05, 0) is 30.7 Å². The predicted octanol–water partition coefficient (Wildman–Crippen LogP) is 1.64. The van der Waals surface area contributed by atoms with E-state index < -0.39 is 0 Å². The third-order valence-corrected chi connectivity index (χ3v) is 2.42. The Kier molecular flexibility index (Phi) is 3.86. The molecule has 0 radical (unpaired) electrons. The normalized spacial score (nSPS) is 25.9. The third-order valence-electron chi connectivity index (χ3n) is 2.42. The first-order valence-corrected chi connectivity index (χ1v) is 4.44. The minimum Gasteiger partial charge on any atom is -0.391 e. The highest BCUT2D eigenvalue weighted by atomic mass is 35.5. The van der Waals surface area contributed by atoms with E-state index in [1.807, 2.05) is 0 Å². The molecular formula is C10H13ClFNO. The quantitative estimate of drug-likeness (QED) is 0.750. The zero-order valence-electron chi connectivity index (χ0n) is 7.61. The van der Waals surface area contributed by atoms with Gasteiger partial charge in [-0.15, -0.1) is 12.4 Å². The summed E-state index contributed by atoms with van der Waals surface area (Å²) in [6, 6.07) is 6.23. The summed E-state index contributed by atoms with van der Waals surface area (Å²) in [5.74, 6) is -0.240. The lowest BCUT2D eigenvalue weighted by atomic mass is 10.0. The van der Waals surface area contributed by atoms with Crippen LogP contribution in [0, 0.1) is 5.82 Å². The predicted molar refractivity (Wildman–Crippen MR) is 55.0 cm³/mol. The minimum atomic E-state index is -0.342. The van der Waals surface area contributed by atoms with E-state index in [2.05, 4.69) is 5.32 Å². The first kappa shape index (κ1) is 11.4. The molecule has 2 unspecified atom stereocenters. The van der Waals surface area contributed by atoms with E-state index in [4.69, 9.17) is 0 Å². The van der Waals surface area contributed by atoms with Crippen molar-refractivity contribution in [1.82, 2.24) is 5.32 Å². The largest absolute Gasteiger partial charge is 0.391 e. The van der Waals surface area contributed by atoms with Crippen LogP contribution in [0.1, 0.15) is 18.0 Å². The van der Waals surface area contributed by atoms with E-state index in [1.165, 1.54) is 12.1 Å². The Balaban J connectivity index is 0.000000980. The molecule has 1 aromatic carbocycles. The number of nitrogens with one attached hydrogen (secondary N) is 1. The van der Waals surface area contributed by atoms with Crippen LogP contribution in [0.2, 0.25) is 0 Å². The SMILES string of the molecule is Cl.OC1CCNC1c1ccc(F)cc1. The van der Waals surface area contributed by atoms with Crippen molar-refractivity contribution in [2.24, 2.45) is 0 Å². The van der Waals surface area contributed by atoms with Crippen molar-refractivity contribution in [3.8, 4) is 0 Å². The Hall–Kier alpha value is -0.640. The number of aliphatic hydroxyl groups excluding tert-OH is 1. The molecule has 0 bridgehead atoms. The van der Waals surface area contributed by atoms with Crippen molar-refractivity contribution >= 4 is 12.4 Å². The smallest absolute Gasteiger partial charge is 0.123 e. The average Bonchev–Trinajstić information content (AvgIpc) is 2.53. The molecule has 4 heteroatoms. The fraction of sp³-hybridized carbons (Fsp3) is 0.400. The lowest BCUT2D eigenvalue weighted by molar-refractivity contribution is 0.160. The highest BCUT2D eigenvalue weighted by Gasteiger charge is 2.25. The number of rotatable bonds is 1. The van der Waals surface area contributed by atoms with Gasteiger partial charge in [-0.25, -0.2) is 4.39 Å². The molecule has 1 aromatic rings. The van der Waals surface area contributed by atoms with Gasteiger partial charge >= 0.3 is 0 Å². The molecule has 2 atom stereocenters. The highest BCUT2D eigenvalue weighted by Crippen LogP contribution is 2.23. The number of aliphatic hydroxyl groups is 1. The monoisotopic (exact) mass is 217 g/mol. The Morgan fingerprint density at radius 3 is 2.43 bits per heavy atom. The van der Waals surface area contributed by atoms with Crippen molar-refractivity contribution in [3.05, 3.63) is 35.6 Å². The van der Waals surface area contributed by atoms with E-state index in [0.29, 0.717) is 0 Å². The van der Waals surface area contributed by atoms with Gasteiger partial charge in [0.2, 0.25) is 0 Å². The molecule has 1 saturated heterocycles. The van der Waals surface area contributed by atoms with Crippen LogP contribution in [-0.4, -0.2) is 17.8 Å². The topological polar surface area (TPSA) is 32.3 Å². The molecule has 14 heavy (non-hydrogen) atoms. The van der Waals surface area contributed by atoms with Gasteiger partial charge in [0, 0.05) is 0 Å². The lowest BCUT2D eigenvalue weighted by Crippen LogP contribution is -2.20. The molecular weight excluding hydrogens is 205 g/mol. The highest BCUT2D eigenvalue weighted by molar-refractivity contribution is 5.85. The van der Waals surface area contributed by atoms with Gasteiger partial charge in [0.25, 0.3) is 0 Å². The van der Waals surface area contributed by atoms with Crippen LogP contribution in [0.5, 0.6) is 0 Å². The molecule has 2 rings (SSSR count). The molecule has 1 fully saturated rings. The van der Waals surface area contributed by atoms with E-state index in [1.54, 1.807) is 12.1 Å². The summed E-state index contributed by atoms with van der Waals surface area (Å²) in [6.45, 7) is 0.823. The molecule has 1 heterocycles. The summed E-state index contributed by atoms with van der Waals surface area (Å²) in [7, 11) is 0. The summed E-state index contributed by atoms with van der Waals surface area (Å²) >= 11 is 0. The average molecular weight is 218 g/mol. The maximum atomic E-state index is 12.6. The second kappa shape index (κ2) is 4.73. The fourth-order valence-corrected chi connectivity index (χ4v) is 1.70. The van der Waals surface area contributed by atoms with Crippen molar-refractivity contribution in [3.63, 3.8) is 0 Å². The Morgan fingerprint density at radius 1 is 1.29 bits per heavy atom. The Labute approximate surface area is 88.5 Å². The van der Waals surface area contributed by atoms with Crippen molar-refractivity contribution in [2.75, 3.05) is 6.54 Å². The third kappa shape index (κ3) is 2.23. The van der Waals surface area contributed by atoms with Gasteiger partial charge in [0.1, 0.15) is 5.82 Å². The molecule has 2 nitrogen and oxygen atoms in total. The van der Waals surface area contributed by atoms with Crippen molar-refractivity contribution in [1.29, 1.82) is 0 Å². The number of hydrogen-bond acceptors (Lipinski definition) is 2. The summed E-state index contributed by atoms with van der Waals surface area (Å²) in [6.07, 6.45) is 0.424. The van der Waals surface area contributed by atoms with Crippen molar-refractivity contribution < 1.29 is 9.50 Å². The van der Waals surface area contributed by atoms with Gasteiger partial charge in [-0.2, -0.15) is 0 Å². The summed E-state index contributed by atoms with van der Waals surface area (Å²) in [5, 5.41) is 12.7. The maximum absolute atomic E-state index is 12.6. The Morgan fingerprint density at radius 2 is 1.93 bits per heavy atom. The minimum absolute atomic E-state index is 0. The fourth-order valence-electron chi connectivity index (χ4n) is 1.70. The van der Waals surface area contributed by atoms with Gasteiger partial charge in [-0.1, -0.05) is 12.1 Å². The molecule has 1 aliphatic heterocycles. The van der Waals surface area contributed by atoms with Crippen LogP contribution in [0.15, 0.2) is 24.3 Å². The van der Waals surface area contributed by atoms with Crippen LogP contribution >= 0.6 is 12.4 Å².